The van der Waals surface area contributed by atoms with Crippen molar-refractivity contribution in [3.63, 3.8) is 0 Å². The van der Waals surface area contributed by atoms with E-state index in [1.807, 2.05) is 0 Å². The van der Waals surface area contributed by atoms with Crippen molar-refractivity contribution in [2.75, 3.05) is 26.3 Å². The molecule has 0 atom stereocenters. The van der Waals surface area contributed by atoms with Crippen molar-refractivity contribution in [1.29, 1.82) is 0 Å². The molecule has 0 aromatic rings. The summed E-state index contributed by atoms with van der Waals surface area (Å²) in [6.45, 7) is 5.52. The van der Waals surface area contributed by atoms with Crippen LogP contribution in [-0.4, -0.2) is 32.2 Å². The molecule has 1 N–H and O–H groups in total. The molecule has 0 aromatic heterocycles. The third-order valence-electron chi connectivity index (χ3n) is 5.00. The zero-order chi connectivity index (χ0) is 16.6. The molecule has 1 amide bonds. The number of hydrogen-bond acceptors (Lipinski definition) is 2. The van der Waals surface area contributed by atoms with Gasteiger partial charge in [-0.3, -0.25) is 4.90 Å². The predicted octanol–water partition coefficient (Wildman–Crippen LogP) is 3.91. The van der Waals surface area contributed by atoms with E-state index in [-0.39, 0.29) is 0 Å². The fraction of sp³-hybridized carbons (Fsp3) is 0.950. The maximum absolute atomic E-state index is 12.0. The first-order chi connectivity index (χ1) is 11.3. The average molecular weight is 327 g/mol. The highest BCUT2D eigenvalue weighted by Crippen LogP contribution is 2.12. The fourth-order valence-electron chi connectivity index (χ4n) is 3.38. The van der Waals surface area contributed by atoms with Gasteiger partial charge in [0.15, 0.2) is 0 Å². The maximum atomic E-state index is 12.0. The first-order valence-corrected chi connectivity index (χ1v) is 10.3. The zero-order valence-electron chi connectivity index (χ0n) is 15.5. The summed E-state index contributed by atoms with van der Waals surface area (Å²) >= 11 is 0. The zero-order valence-corrected chi connectivity index (χ0v) is 15.5. The van der Waals surface area contributed by atoms with Crippen LogP contribution in [0.2, 0.25) is 0 Å². The molecule has 0 aromatic carbocycles. The largest absolute Gasteiger partial charge is 0.370 e. The number of amides is 1. The quantitative estimate of drug-likeness (QED) is 0.491. The van der Waals surface area contributed by atoms with Crippen LogP contribution in [0.15, 0.2) is 0 Å². The summed E-state index contributed by atoms with van der Waals surface area (Å²) in [6, 6.07) is 0. The van der Waals surface area contributed by atoms with Gasteiger partial charge in [0.2, 0.25) is 0 Å². The summed E-state index contributed by atoms with van der Waals surface area (Å²) in [4.78, 5) is 13.1. The van der Waals surface area contributed by atoms with Crippen LogP contribution in [0.1, 0.15) is 96.8 Å². The lowest BCUT2D eigenvalue weighted by Gasteiger charge is -2.21. The predicted molar refractivity (Wildman–Crippen MR) is 96.8 cm³/mol. The first kappa shape index (κ1) is 20.6. The maximum Gasteiger partial charge on any atom is 0.312 e. The Labute approximate surface area is 144 Å². The van der Waals surface area contributed by atoms with E-state index in [9.17, 15) is 4.79 Å². The summed E-state index contributed by atoms with van der Waals surface area (Å²) in [5, 5.41) is 0. The van der Waals surface area contributed by atoms with E-state index in [0.717, 1.165) is 44.0 Å². The molecular formula is C20H40NO2+. The van der Waals surface area contributed by atoms with Gasteiger partial charge in [-0.05, 0) is 6.42 Å². The molecule has 1 aliphatic heterocycles. The van der Waals surface area contributed by atoms with E-state index in [1.165, 1.54) is 77.0 Å². The van der Waals surface area contributed by atoms with Gasteiger partial charge in [-0.2, -0.15) is 0 Å². The molecule has 1 aliphatic rings. The number of carbonyl (C=O) groups is 1. The molecule has 0 spiro atoms. The van der Waals surface area contributed by atoms with Crippen LogP contribution in [0.25, 0.3) is 0 Å². The minimum atomic E-state index is 0.413. The van der Waals surface area contributed by atoms with Crippen molar-refractivity contribution in [3.05, 3.63) is 0 Å². The molecule has 1 fully saturated rings. The SMILES string of the molecule is CCCCCCCCCCCCCCCC(=O)[NH+]1CCOCC1. The Hall–Kier alpha value is -0.410. The molecule has 3 nitrogen and oxygen atoms in total. The van der Waals surface area contributed by atoms with Crippen molar-refractivity contribution in [1.82, 2.24) is 0 Å². The third-order valence-corrected chi connectivity index (χ3v) is 5.00. The van der Waals surface area contributed by atoms with Gasteiger partial charge in [-0.15, -0.1) is 0 Å². The number of nitrogens with one attached hydrogen (secondary N) is 1. The Kier molecular flexibility index (Phi) is 13.6. The lowest BCUT2D eigenvalue weighted by Crippen LogP contribution is -3.16. The van der Waals surface area contributed by atoms with Gasteiger partial charge in [0, 0.05) is 0 Å². The number of hydrogen-bond donors (Lipinski definition) is 1. The van der Waals surface area contributed by atoms with Gasteiger partial charge in [0.1, 0.15) is 13.1 Å². The molecule has 0 saturated carbocycles. The Balaban J connectivity index is 1.76. The van der Waals surface area contributed by atoms with Gasteiger partial charge in [-0.1, -0.05) is 84.0 Å². The molecule has 0 bridgehead atoms. The number of quaternary nitrogens is 1. The summed E-state index contributed by atoms with van der Waals surface area (Å²) in [5.74, 6) is 0.413. The first-order valence-electron chi connectivity index (χ1n) is 10.3. The van der Waals surface area contributed by atoms with Gasteiger partial charge in [-0.25, -0.2) is 4.79 Å². The van der Waals surface area contributed by atoms with Gasteiger partial charge in [0.25, 0.3) is 0 Å². The Bertz CT molecular complexity index is 275. The highest BCUT2D eigenvalue weighted by atomic mass is 16.5. The van der Waals surface area contributed by atoms with E-state index in [0.29, 0.717) is 5.91 Å². The molecule has 1 rings (SSSR count). The minimum Gasteiger partial charge on any atom is -0.370 e. The van der Waals surface area contributed by atoms with Crippen LogP contribution in [0.4, 0.5) is 0 Å². The summed E-state index contributed by atoms with van der Waals surface area (Å²) < 4.78 is 5.30. The lowest BCUT2D eigenvalue weighted by molar-refractivity contribution is -0.830. The second-order valence-electron chi connectivity index (χ2n) is 7.13. The number of ether oxygens (including phenoxy) is 1. The number of unbranched alkanes of at least 4 members (excludes halogenated alkanes) is 12. The third kappa shape index (κ3) is 11.7. The number of morpholine rings is 1. The topological polar surface area (TPSA) is 30.7 Å². The Morgan fingerprint density at radius 1 is 0.739 bits per heavy atom. The number of carbonyl (C=O) groups excluding carboxylic acids is 1. The Morgan fingerprint density at radius 3 is 1.65 bits per heavy atom. The van der Waals surface area contributed by atoms with Crippen LogP contribution in [0, 0.1) is 0 Å². The van der Waals surface area contributed by atoms with Crippen LogP contribution in [0.5, 0.6) is 0 Å². The highest BCUT2D eigenvalue weighted by molar-refractivity contribution is 5.66. The molecule has 1 heterocycles. The summed E-state index contributed by atoms with van der Waals surface area (Å²) in [6.07, 6.45) is 18.5. The van der Waals surface area contributed by atoms with Gasteiger partial charge < -0.3 is 4.74 Å². The molecule has 0 radical (unpaired) electrons. The van der Waals surface area contributed by atoms with Crippen molar-refractivity contribution < 1.29 is 14.4 Å². The van der Waals surface area contributed by atoms with Crippen LogP contribution < -0.4 is 4.90 Å². The number of rotatable bonds is 14. The van der Waals surface area contributed by atoms with Crippen molar-refractivity contribution in [2.24, 2.45) is 0 Å². The molecule has 0 unspecified atom stereocenters. The van der Waals surface area contributed by atoms with Gasteiger partial charge in [0.05, 0.1) is 19.6 Å². The standard InChI is InChI=1S/C20H39NO2/c1-2-3-4-5-6-7-8-9-10-11-12-13-14-15-20(22)21-16-18-23-19-17-21/h2-19H2,1H3/p+1. The second kappa shape index (κ2) is 15.1. The Morgan fingerprint density at radius 2 is 1.17 bits per heavy atom. The summed E-state index contributed by atoms with van der Waals surface area (Å²) in [5.41, 5.74) is 0. The molecule has 0 aliphatic carbocycles. The van der Waals surface area contributed by atoms with E-state index in [2.05, 4.69) is 6.92 Å². The van der Waals surface area contributed by atoms with Crippen LogP contribution in [0.3, 0.4) is 0 Å². The van der Waals surface area contributed by atoms with Gasteiger partial charge >= 0.3 is 5.91 Å². The highest BCUT2D eigenvalue weighted by Gasteiger charge is 2.21. The molecule has 1 saturated heterocycles. The van der Waals surface area contributed by atoms with Crippen LogP contribution in [-0.2, 0) is 9.53 Å². The lowest BCUT2D eigenvalue weighted by atomic mass is 10.0. The summed E-state index contributed by atoms with van der Waals surface area (Å²) in [7, 11) is 0. The fourth-order valence-corrected chi connectivity index (χ4v) is 3.38. The van der Waals surface area contributed by atoms with Crippen molar-refractivity contribution in [3.8, 4) is 0 Å². The molecule has 23 heavy (non-hydrogen) atoms. The van der Waals surface area contributed by atoms with E-state index < -0.39 is 0 Å². The monoisotopic (exact) mass is 326 g/mol. The van der Waals surface area contributed by atoms with E-state index >= 15 is 0 Å². The second-order valence-corrected chi connectivity index (χ2v) is 7.13. The van der Waals surface area contributed by atoms with Crippen LogP contribution >= 0.6 is 0 Å². The van der Waals surface area contributed by atoms with Crippen molar-refractivity contribution >= 4 is 5.91 Å². The minimum absolute atomic E-state index is 0.413. The molecule has 3 heteroatoms. The average Bonchev–Trinajstić information content (AvgIpc) is 2.59. The van der Waals surface area contributed by atoms with E-state index in [4.69, 9.17) is 4.74 Å². The molecular weight excluding hydrogens is 286 g/mol. The smallest absolute Gasteiger partial charge is 0.312 e. The van der Waals surface area contributed by atoms with Crippen molar-refractivity contribution in [2.45, 2.75) is 96.8 Å². The molecule has 136 valence electrons. The normalized spacial score (nSPS) is 15.9. The van der Waals surface area contributed by atoms with E-state index in [1.54, 1.807) is 0 Å².